The van der Waals surface area contributed by atoms with Gasteiger partial charge in [-0.2, -0.15) is 0 Å². The number of carbonyl (C=O) groups excluding carboxylic acids is 2. The maximum Gasteiger partial charge on any atom is 0.262 e. The molecule has 6 nitrogen and oxygen atoms in total. The first-order valence-corrected chi connectivity index (χ1v) is 8.26. The van der Waals surface area contributed by atoms with E-state index < -0.39 is 5.91 Å². The molecule has 0 unspecified atom stereocenters. The zero-order valence-electron chi connectivity index (χ0n) is 14.4. The number of benzene rings is 3. The SMILES string of the molecule is NC(=O)c1ccccc1OCC(=O)Nc1ccc(Oc2ccccc2)cc1. The van der Waals surface area contributed by atoms with Gasteiger partial charge >= 0.3 is 0 Å². The van der Waals surface area contributed by atoms with Gasteiger partial charge in [0.25, 0.3) is 11.8 Å². The van der Waals surface area contributed by atoms with Crippen LogP contribution in [0.4, 0.5) is 5.69 Å². The Morgan fingerprint density at radius 3 is 2.15 bits per heavy atom. The van der Waals surface area contributed by atoms with Crippen molar-refractivity contribution in [1.82, 2.24) is 0 Å². The van der Waals surface area contributed by atoms with E-state index in [1.165, 1.54) is 0 Å². The zero-order valence-corrected chi connectivity index (χ0v) is 14.4. The lowest BCUT2D eigenvalue weighted by atomic mass is 10.2. The van der Waals surface area contributed by atoms with E-state index in [2.05, 4.69) is 5.32 Å². The van der Waals surface area contributed by atoms with Crippen molar-refractivity contribution in [3.63, 3.8) is 0 Å². The van der Waals surface area contributed by atoms with Crippen LogP contribution >= 0.6 is 0 Å². The lowest BCUT2D eigenvalue weighted by Gasteiger charge is -2.10. The summed E-state index contributed by atoms with van der Waals surface area (Å²) in [5, 5.41) is 2.72. The number of nitrogens with one attached hydrogen (secondary N) is 1. The predicted octanol–water partition coefficient (Wildman–Crippen LogP) is 3.60. The van der Waals surface area contributed by atoms with Crippen LogP contribution in [0.2, 0.25) is 0 Å². The van der Waals surface area contributed by atoms with Gasteiger partial charge < -0.3 is 20.5 Å². The molecule has 0 atom stereocenters. The van der Waals surface area contributed by atoms with Crippen LogP contribution in [0.1, 0.15) is 10.4 Å². The summed E-state index contributed by atoms with van der Waals surface area (Å²) >= 11 is 0. The van der Waals surface area contributed by atoms with Crippen molar-refractivity contribution in [2.24, 2.45) is 5.73 Å². The highest BCUT2D eigenvalue weighted by molar-refractivity contribution is 5.96. The molecule has 0 radical (unpaired) electrons. The molecule has 0 fully saturated rings. The third-order valence-corrected chi connectivity index (χ3v) is 3.63. The molecular weight excluding hydrogens is 344 g/mol. The molecule has 0 heterocycles. The number of ether oxygens (including phenoxy) is 2. The molecular formula is C21H18N2O4. The van der Waals surface area contributed by atoms with Gasteiger partial charge in [-0.1, -0.05) is 30.3 Å². The fraction of sp³-hybridized carbons (Fsp3) is 0.0476. The molecule has 3 N–H and O–H groups in total. The molecule has 2 amide bonds. The molecule has 0 saturated carbocycles. The quantitative estimate of drug-likeness (QED) is 0.672. The van der Waals surface area contributed by atoms with E-state index in [1.54, 1.807) is 48.5 Å². The zero-order chi connectivity index (χ0) is 19.1. The monoisotopic (exact) mass is 362 g/mol. The summed E-state index contributed by atoms with van der Waals surface area (Å²) in [6, 6.07) is 22.9. The number of nitrogens with two attached hydrogens (primary N) is 1. The maximum absolute atomic E-state index is 12.1. The van der Waals surface area contributed by atoms with Crippen molar-refractivity contribution in [1.29, 1.82) is 0 Å². The third-order valence-electron chi connectivity index (χ3n) is 3.63. The Balaban J connectivity index is 1.54. The lowest BCUT2D eigenvalue weighted by Crippen LogP contribution is -2.21. The van der Waals surface area contributed by atoms with Crippen LogP contribution in [0.5, 0.6) is 17.2 Å². The number of hydrogen-bond acceptors (Lipinski definition) is 4. The van der Waals surface area contributed by atoms with E-state index in [0.29, 0.717) is 11.4 Å². The van der Waals surface area contributed by atoms with Gasteiger partial charge in [-0.05, 0) is 48.5 Å². The molecule has 6 heteroatoms. The van der Waals surface area contributed by atoms with Crippen LogP contribution in [0.15, 0.2) is 78.9 Å². The van der Waals surface area contributed by atoms with E-state index in [9.17, 15) is 9.59 Å². The first-order valence-electron chi connectivity index (χ1n) is 8.26. The second-order valence-electron chi connectivity index (χ2n) is 5.64. The molecule has 0 aromatic heterocycles. The molecule has 0 saturated heterocycles. The molecule has 0 aliphatic rings. The normalized spacial score (nSPS) is 10.1. The minimum absolute atomic E-state index is 0.229. The minimum atomic E-state index is -0.611. The first kappa shape index (κ1) is 18.0. The molecule has 3 aromatic rings. The lowest BCUT2D eigenvalue weighted by molar-refractivity contribution is -0.118. The second-order valence-corrected chi connectivity index (χ2v) is 5.64. The average molecular weight is 362 g/mol. The molecule has 136 valence electrons. The van der Waals surface area contributed by atoms with Crippen LogP contribution in [-0.4, -0.2) is 18.4 Å². The third kappa shape index (κ3) is 5.09. The van der Waals surface area contributed by atoms with Crippen molar-refractivity contribution < 1.29 is 19.1 Å². The smallest absolute Gasteiger partial charge is 0.262 e. The Morgan fingerprint density at radius 1 is 0.815 bits per heavy atom. The van der Waals surface area contributed by atoms with Crippen molar-refractivity contribution in [3.05, 3.63) is 84.4 Å². The van der Waals surface area contributed by atoms with Crippen LogP contribution in [0.3, 0.4) is 0 Å². The summed E-state index contributed by atoms with van der Waals surface area (Å²) < 4.78 is 11.1. The van der Waals surface area contributed by atoms with E-state index in [1.807, 2.05) is 30.3 Å². The highest BCUT2D eigenvalue weighted by atomic mass is 16.5. The summed E-state index contributed by atoms with van der Waals surface area (Å²) in [6.07, 6.45) is 0. The molecule has 0 aliphatic carbocycles. The Morgan fingerprint density at radius 2 is 1.44 bits per heavy atom. The highest BCUT2D eigenvalue weighted by Gasteiger charge is 2.10. The van der Waals surface area contributed by atoms with Gasteiger partial charge in [0.15, 0.2) is 6.61 Å². The van der Waals surface area contributed by atoms with Gasteiger partial charge in [-0.3, -0.25) is 9.59 Å². The number of para-hydroxylation sites is 2. The van der Waals surface area contributed by atoms with Crippen molar-refractivity contribution in [2.45, 2.75) is 0 Å². The Bertz CT molecular complexity index is 924. The molecule has 0 spiro atoms. The molecule has 3 aromatic carbocycles. The van der Waals surface area contributed by atoms with E-state index in [0.717, 1.165) is 5.75 Å². The van der Waals surface area contributed by atoms with E-state index >= 15 is 0 Å². The Hall–Kier alpha value is -3.80. The van der Waals surface area contributed by atoms with Gasteiger partial charge in [-0.25, -0.2) is 0 Å². The summed E-state index contributed by atoms with van der Waals surface area (Å²) in [7, 11) is 0. The van der Waals surface area contributed by atoms with Crippen molar-refractivity contribution in [3.8, 4) is 17.2 Å². The second kappa shape index (κ2) is 8.53. The van der Waals surface area contributed by atoms with Crippen LogP contribution in [-0.2, 0) is 4.79 Å². The molecule has 3 rings (SSSR count). The van der Waals surface area contributed by atoms with Gasteiger partial charge in [0.1, 0.15) is 17.2 Å². The molecule has 27 heavy (non-hydrogen) atoms. The molecule has 0 aliphatic heterocycles. The number of hydrogen-bond donors (Lipinski definition) is 2. The van der Waals surface area contributed by atoms with E-state index in [4.69, 9.17) is 15.2 Å². The largest absolute Gasteiger partial charge is 0.483 e. The number of carbonyl (C=O) groups is 2. The number of rotatable bonds is 7. The van der Waals surface area contributed by atoms with Crippen LogP contribution in [0, 0.1) is 0 Å². The number of amides is 2. The maximum atomic E-state index is 12.1. The Kier molecular flexibility index (Phi) is 5.69. The Labute approximate surface area is 156 Å². The standard InChI is InChI=1S/C21H18N2O4/c22-21(25)18-8-4-5-9-19(18)26-14-20(24)23-15-10-12-17(13-11-15)27-16-6-2-1-3-7-16/h1-13H,14H2,(H2,22,25)(H,23,24). The average Bonchev–Trinajstić information content (AvgIpc) is 2.69. The summed E-state index contributed by atoms with van der Waals surface area (Å²) in [5.41, 5.74) is 6.12. The van der Waals surface area contributed by atoms with Crippen molar-refractivity contribution in [2.75, 3.05) is 11.9 Å². The highest BCUT2D eigenvalue weighted by Crippen LogP contribution is 2.22. The summed E-state index contributed by atoms with van der Waals surface area (Å²) in [6.45, 7) is -0.243. The van der Waals surface area contributed by atoms with Crippen LogP contribution < -0.4 is 20.5 Å². The summed E-state index contributed by atoms with van der Waals surface area (Å²) in [5.74, 6) is 0.694. The van der Waals surface area contributed by atoms with Gasteiger partial charge in [0, 0.05) is 5.69 Å². The van der Waals surface area contributed by atoms with Crippen LogP contribution in [0.25, 0.3) is 0 Å². The number of primary amides is 1. The topological polar surface area (TPSA) is 90.7 Å². The fourth-order valence-electron chi connectivity index (χ4n) is 2.37. The van der Waals surface area contributed by atoms with Crippen molar-refractivity contribution >= 4 is 17.5 Å². The van der Waals surface area contributed by atoms with Gasteiger partial charge in [0.2, 0.25) is 0 Å². The first-order chi connectivity index (χ1) is 13.1. The minimum Gasteiger partial charge on any atom is -0.483 e. The van der Waals surface area contributed by atoms with Gasteiger partial charge in [-0.15, -0.1) is 0 Å². The molecule has 0 bridgehead atoms. The predicted molar refractivity (Wildman–Crippen MR) is 102 cm³/mol. The number of anilines is 1. The van der Waals surface area contributed by atoms with E-state index in [-0.39, 0.29) is 23.8 Å². The summed E-state index contributed by atoms with van der Waals surface area (Å²) in [4.78, 5) is 23.4. The van der Waals surface area contributed by atoms with Gasteiger partial charge in [0.05, 0.1) is 5.56 Å². The fourth-order valence-corrected chi connectivity index (χ4v) is 2.37.